The van der Waals surface area contributed by atoms with Crippen LogP contribution < -0.4 is 5.32 Å². The van der Waals surface area contributed by atoms with Crippen LogP contribution in [-0.4, -0.2) is 30.4 Å². The number of carbonyl (C=O) groups is 1. The van der Waals surface area contributed by atoms with Crippen molar-refractivity contribution in [2.45, 2.75) is 39.7 Å². The lowest BCUT2D eigenvalue weighted by molar-refractivity contribution is -0.116. The molecule has 0 saturated carbocycles. The van der Waals surface area contributed by atoms with Crippen molar-refractivity contribution in [1.29, 1.82) is 0 Å². The lowest BCUT2D eigenvalue weighted by Gasteiger charge is -2.32. The molecule has 116 valence electrons. The molecule has 1 amide bonds. The SMILES string of the molecule is CC(C)=CC(=O)NCC[C@H]1CCCN(Cc2ccco2)C1. The average molecular weight is 290 g/mol. The quantitative estimate of drug-likeness (QED) is 0.819. The first kappa shape index (κ1) is 15.8. The number of nitrogens with zero attached hydrogens (tertiary/aromatic N) is 1. The standard InChI is InChI=1S/C17H26N2O2/c1-14(2)11-17(20)18-8-7-15-5-3-9-19(12-15)13-16-6-4-10-21-16/h4,6,10-11,15H,3,5,7-9,12-13H2,1-2H3,(H,18,20)/t15-/m1/s1. The van der Waals surface area contributed by atoms with Crippen LogP contribution in [-0.2, 0) is 11.3 Å². The van der Waals surface area contributed by atoms with Gasteiger partial charge in [-0.25, -0.2) is 0 Å². The van der Waals surface area contributed by atoms with Gasteiger partial charge in [0.1, 0.15) is 5.76 Å². The van der Waals surface area contributed by atoms with Crippen LogP contribution in [0.25, 0.3) is 0 Å². The molecular weight excluding hydrogens is 264 g/mol. The van der Waals surface area contributed by atoms with Crippen LogP contribution in [0.15, 0.2) is 34.5 Å². The maximum Gasteiger partial charge on any atom is 0.243 e. The Morgan fingerprint density at radius 2 is 2.38 bits per heavy atom. The molecule has 1 aliphatic rings. The van der Waals surface area contributed by atoms with Gasteiger partial charge in [-0.1, -0.05) is 5.57 Å². The van der Waals surface area contributed by atoms with Gasteiger partial charge in [-0.3, -0.25) is 9.69 Å². The summed E-state index contributed by atoms with van der Waals surface area (Å²) in [4.78, 5) is 14.0. The van der Waals surface area contributed by atoms with E-state index in [9.17, 15) is 4.79 Å². The minimum absolute atomic E-state index is 0.0262. The van der Waals surface area contributed by atoms with Crippen molar-refractivity contribution in [1.82, 2.24) is 10.2 Å². The van der Waals surface area contributed by atoms with Gasteiger partial charge in [-0.05, 0) is 57.7 Å². The first-order valence-electron chi connectivity index (χ1n) is 7.81. The van der Waals surface area contributed by atoms with Crippen molar-refractivity contribution in [3.63, 3.8) is 0 Å². The Morgan fingerprint density at radius 3 is 3.10 bits per heavy atom. The number of hydrogen-bond donors (Lipinski definition) is 1. The van der Waals surface area contributed by atoms with E-state index in [0.29, 0.717) is 5.92 Å². The highest BCUT2D eigenvalue weighted by molar-refractivity contribution is 5.87. The van der Waals surface area contributed by atoms with Gasteiger partial charge in [0.25, 0.3) is 0 Å². The van der Waals surface area contributed by atoms with Crippen LogP contribution in [0.5, 0.6) is 0 Å². The number of furan rings is 1. The third-order valence-electron chi connectivity index (χ3n) is 3.83. The minimum Gasteiger partial charge on any atom is -0.468 e. The molecule has 0 bridgehead atoms. The second-order valence-electron chi connectivity index (χ2n) is 6.12. The second-order valence-corrected chi connectivity index (χ2v) is 6.12. The van der Waals surface area contributed by atoms with E-state index in [1.54, 1.807) is 12.3 Å². The van der Waals surface area contributed by atoms with Crippen LogP contribution in [0, 0.1) is 5.92 Å². The number of piperidine rings is 1. The van der Waals surface area contributed by atoms with Crippen LogP contribution >= 0.6 is 0 Å². The monoisotopic (exact) mass is 290 g/mol. The van der Waals surface area contributed by atoms with E-state index in [-0.39, 0.29) is 5.91 Å². The highest BCUT2D eigenvalue weighted by Gasteiger charge is 2.20. The summed E-state index contributed by atoms with van der Waals surface area (Å²) in [5.74, 6) is 1.73. The van der Waals surface area contributed by atoms with E-state index in [1.165, 1.54) is 12.8 Å². The molecule has 21 heavy (non-hydrogen) atoms. The number of amides is 1. The van der Waals surface area contributed by atoms with Gasteiger partial charge < -0.3 is 9.73 Å². The van der Waals surface area contributed by atoms with Crippen LogP contribution in [0.4, 0.5) is 0 Å². The van der Waals surface area contributed by atoms with E-state index in [1.807, 2.05) is 26.0 Å². The molecule has 1 aliphatic heterocycles. The lowest BCUT2D eigenvalue weighted by Crippen LogP contribution is -2.36. The van der Waals surface area contributed by atoms with Crippen LogP contribution in [0.2, 0.25) is 0 Å². The zero-order valence-electron chi connectivity index (χ0n) is 13.1. The Balaban J connectivity index is 1.69. The molecule has 1 fully saturated rings. The zero-order valence-corrected chi connectivity index (χ0v) is 13.1. The summed E-state index contributed by atoms with van der Waals surface area (Å²) in [7, 11) is 0. The highest BCUT2D eigenvalue weighted by atomic mass is 16.3. The summed E-state index contributed by atoms with van der Waals surface area (Å²) in [5, 5.41) is 2.97. The fraction of sp³-hybridized carbons (Fsp3) is 0.588. The van der Waals surface area contributed by atoms with E-state index in [2.05, 4.69) is 10.2 Å². The van der Waals surface area contributed by atoms with Crippen molar-refractivity contribution in [3.8, 4) is 0 Å². The number of hydrogen-bond acceptors (Lipinski definition) is 3. The third kappa shape index (κ3) is 5.76. The fourth-order valence-electron chi connectivity index (χ4n) is 2.87. The largest absolute Gasteiger partial charge is 0.468 e. The molecule has 0 aromatic carbocycles. The van der Waals surface area contributed by atoms with Gasteiger partial charge in [-0.2, -0.15) is 0 Å². The molecule has 2 heterocycles. The first-order valence-corrected chi connectivity index (χ1v) is 7.81. The summed E-state index contributed by atoms with van der Waals surface area (Å²) in [5.41, 5.74) is 1.04. The number of allylic oxidation sites excluding steroid dienone is 1. The molecule has 1 N–H and O–H groups in total. The Hall–Kier alpha value is -1.55. The molecule has 0 spiro atoms. The summed E-state index contributed by atoms with van der Waals surface area (Å²) < 4.78 is 5.42. The predicted octanol–water partition coefficient (Wildman–Crippen LogP) is 2.96. The lowest BCUT2D eigenvalue weighted by atomic mass is 9.94. The van der Waals surface area contributed by atoms with Gasteiger partial charge in [-0.15, -0.1) is 0 Å². The normalized spacial score (nSPS) is 19.2. The van der Waals surface area contributed by atoms with E-state index in [4.69, 9.17) is 4.42 Å². The van der Waals surface area contributed by atoms with Gasteiger partial charge in [0, 0.05) is 19.2 Å². The Bertz CT molecular complexity index is 461. The topological polar surface area (TPSA) is 45.5 Å². The molecule has 0 radical (unpaired) electrons. The number of likely N-dealkylation sites (tertiary alicyclic amines) is 1. The first-order chi connectivity index (χ1) is 10.1. The Kier molecular flexibility index (Phi) is 6.05. The molecular formula is C17H26N2O2. The summed E-state index contributed by atoms with van der Waals surface area (Å²) in [6.45, 7) is 7.77. The Morgan fingerprint density at radius 1 is 1.52 bits per heavy atom. The van der Waals surface area contributed by atoms with Gasteiger partial charge in [0.2, 0.25) is 5.91 Å². The van der Waals surface area contributed by atoms with Gasteiger partial charge in [0.05, 0.1) is 12.8 Å². The van der Waals surface area contributed by atoms with Crippen molar-refractivity contribution in [2.24, 2.45) is 5.92 Å². The smallest absolute Gasteiger partial charge is 0.243 e. The average Bonchev–Trinajstić information content (AvgIpc) is 2.91. The van der Waals surface area contributed by atoms with Crippen molar-refractivity contribution >= 4 is 5.91 Å². The molecule has 1 saturated heterocycles. The maximum absolute atomic E-state index is 11.6. The van der Waals surface area contributed by atoms with E-state index in [0.717, 1.165) is 43.9 Å². The maximum atomic E-state index is 11.6. The van der Waals surface area contributed by atoms with Crippen LogP contribution in [0.3, 0.4) is 0 Å². The molecule has 1 atom stereocenters. The van der Waals surface area contributed by atoms with Crippen molar-refractivity contribution < 1.29 is 9.21 Å². The molecule has 2 rings (SSSR count). The molecule has 4 heteroatoms. The minimum atomic E-state index is 0.0262. The van der Waals surface area contributed by atoms with E-state index >= 15 is 0 Å². The zero-order chi connectivity index (χ0) is 15.1. The summed E-state index contributed by atoms with van der Waals surface area (Å²) in [6.07, 6.45) is 6.93. The van der Waals surface area contributed by atoms with Crippen molar-refractivity contribution in [2.75, 3.05) is 19.6 Å². The van der Waals surface area contributed by atoms with Gasteiger partial charge >= 0.3 is 0 Å². The van der Waals surface area contributed by atoms with Gasteiger partial charge in [0.15, 0.2) is 0 Å². The van der Waals surface area contributed by atoms with Crippen LogP contribution in [0.1, 0.15) is 38.9 Å². The fourth-order valence-corrected chi connectivity index (χ4v) is 2.87. The molecule has 0 aliphatic carbocycles. The second kappa shape index (κ2) is 8.03. The third-order valence-corrected chi connectivity index (χ3v) is 3.83. The number of nitrogens with one attached hydrogen (secondary N) is 1. The molecule has 4 nitrogen and oxygen atoms in total. The molecule has 0 unspecified atom stereocenters. The number of carbonyl (C=O) groups excluding carboxylic acids is 1. The van der Waals surface area contributed by atoms with E-state index < -0.39 is 0 Å². The summed E-state index contributed by atoms with van der Waals surface area (Å²) >= 11 is 0. The predicted molar refractivity (Wildman–Crippen MR) is 83.8 cm³/mol. The Labute approximate surface area is 127 Å². The van der Waals surface area contributed by atoms with Crippen molar-refractivity contribution in [3.05, 3.63) is 35.8 Å². The molecule has 1 aromatic rings. The highest BCUT2D eigenvalue weighted by Crippen LogP contribution is 2.21. The molecule has 1 aromatic heterocycles. The number of rotatable bonds is 6. The summed E-state index contributed by atoms with van der Waals surface area (Å²) in [6, 6.07) is 3.97.